The van der Waals surface area contributed by atoms with Gasteiger partial charge in [0.25, 0.3) is 0 Å². The molecule has 0 spiro atoms. The highest BCUT2D eigenvalue weighted by Crippen LogP contribution is 2.18. The fourth-order valence-corrected chi connectivity index (χ4v) is 1.45. The Morgan fingerprint density at radius 1 is 1.35 bits per heavy atom. The van der Waals surface area contributed by atoms with Crippen molar-refractivity contribution in [2.75, 3.05) is 19.6 Å². The van der Waals surface area contributed by atoms with Crippen molar-refractivity contribution in [2.24, 2.45) is 5.92 Å². The minimum Gasteiger partial charge on any atom is -0.355 e. The van der Waals surface area contributed by atoms with Gasteiger partial charge in [0.1, 0.15) is 0 Å². The number of amides is 2. The van der Waals surface area contributed by atoms with E-state index in [2.05, 4.69) is 16.0 Å². The fourth-order valence-electron chi connectivity index (χ4n) is 1.45. The fraction of sp³-hybridized carbons (Fsp3) is 0.833. The van der Waals surface area contributed by atoms with Gasteiger partial charge in [-0.2, -0.15) is 0 Å². The van der Waals surface area contributed by atoms with E-state index in [0.717, 1.165) is 19.4 Å². The second-order valence-electron chi connectivity index (χ2n) is 4.59. The Balaban J connectivity index is 2.03. The Morgan fingerprint density at radius 3 is 2.65 bits per heavy atom. The highest BCUT2D eigenvalue weighted by atomic mass is 16.2. The smallest absolute Gasteiger partial charge is 0.224 e. The van der Waals surface area contributed by atoms with Crippen LogP contribution in [0.1, 0.15) is 33.1 Å². The number of hydrogen-bond donors (Lipinski definition) is 3. The van der Waals surface area contributed by atoms with Crippen LogP contribution < -0.4 is 16.0 Å². The van der Waals surface area contributed by atoms with E-state index in [-0.39, 0.29) is 17.7 Å². The second-order valence-corrected chi connectivity index (χ2v) is 4.59. The van der Waals surface area contributed by atoms with Gasteiger partial charge in [0, 0.05) is 31.5 Å². The zero-order valence-corrected chi connectivity index (χ0v) is 10.7. The van der Waals surface area contributed by atoms with E-state index in [1.54, 1.807) is 0 Å². The van der Waals surface area contributed by atoms with Crippen LogP contribution in [0, 0.1) is 5.92 Å². The largest absolute Gasteiger partial charge is 0.355 e. The van der Waals surface area contributed by atoms with Crippen molar-refractivity contribution < 1.29 is 9.59 Å². The molecule has 0 aromatic rings. The lowest BCUT2D eigenvalue weighted by Crippen LogP contribution is -2.37. The van der Waals surface area contributed by atoms with E-state index in [1.165, 1.54) is 0 Å². The van der Waals surface area contributed by atoms with Gasteiger partial charge in [-0.25, -0.2) is 0 Å². The van der Waals surface area contributed by atoms with Gasteiger partial charge in [-0.15, -0.1) is 0 Å². The van der Waals surface area contributed by atoms with E-state index in [1.807, 2.05) is 13.8 Å². The Labute approximate surface area is 103 Å². The molecule has 98 valence electrons. The van der Waals surface area contributed by atoms with Gasteiger partial charge in [0.15, 0.2) is 0 Å². The zero-order valence-electron chi connectivity index (χ0n) is 10.7. The van der Waals surface area contributed by atoms with Crippen molar-refractivity contribution >= 4 is 11.8 Å². The standard InChI is InChI=1S/C12H23N3O2/c1-3-13-8-9(2)12(17)14-7-6-11(16)15-10-4-5-10/h9-10,13H,3-8H2,1-2H3,(H,14,17)(H,15,16). The molecule has 5 heteroatoms. The van der Waals surface area contributed by atoms with Gasteiger partial charge in [-0.05, 0) is 19.4 Å². The van der Waals surface area contributed by atoms with Crippen LogP contribution in [-0.2, 0) is 9.59 Å². The van der Waals surface area contributed by atoms with Gasteiger partial charge < -0.3 is 16.0 Å². The van der Waals surface area contributed by atoms with Crippen LogP contribution in [0.15, 0.2) is 0 Å². The molecule has 0 aromatic heterocycles. The molecule has 1 rings (SSSR count). The maximum atomic E-state index is 11.6. The van der Waals surface area contributed by atoms with Crippen molar-refractivity contribution in [1.29, 1.82) is 0 Å². The minimum atomic E-state index is -0.0542. The van der Waals surface area contributed by atoms with Crippen LogP contribution in [0.4, 0.5) is 0 Å². The van der Waals surface area contributed by atoms with Gasteiger partial charge >= 0.3 is 0 Å². The van der Waals surface area contributed by atoms with Gasteiger partial charge in [-0.3, -0.25) is 9.59 Å². The van der Waals surface area contributed by atoms with Crippen molar-refractivity contribution in [2.45, 2.75) is 39.2 Å². The lowest BCUT2D eigenvalue weighted by molar-refractivity contribution is -0.124. The summed E-state index contributed by atoms with van der Waals surface area (Å²) in [5.74, 6) is -0.0150. The van der Waals surface area contributed by atoms with Crippen LogP contribution in [-0.4, -0.2) is 37.5 Å². The van der Waals surface area contributed by atoms with E-state index >= 15 is 0 Å². The molecule has 1 unspecified atom stereocenters. The molecule has 0 heterocycles. The maximum absolute atomic E-state index is 11.6. The molecule has 1 saturated carbocycles. The number of carbonyl (C=O) groups is 2. The SMILES string of the molecule is CCNCC(C)C(=O)NCCC(=O)NC1CC1. The first-order valence-corrected chi connectivity index (χ1v) is 6.41. The summed E-state index contributed by atoms with van der Waals surface area (Å²) in [6, 6.07) is 0.394. The molecule has 0 bridgehead atoms. The molecule has 0 aliphatic heterocycles. The van der Waals surface area contributed by atoms with Crippen molar-refractivity contribution in [3.63, 3.8) is 0 Å². The molecular weight excluding hydrogens is 218 g/mol. The lowest BCUT2D eigenvalue weighted by Gasteiger charge is -2.12. The van der Waals surface area contributed by atoms with E-state index in [9.17, 15) is 9.59 Å². The molecule has 5 nitrogen and oxygen atoms in total. The summed E-state index contributed by atoms with van der Waals surface area (Å²) in [6.45, 7) is 5.85. The van der Waals surface area contributed by atoms with Gasteiger partial charge in [0.05, 0.1) is 0 Å². The first-order chi connectivity index (χ1) is 8.13. The van der Waals surface area contributed by atoms with Crippen molar-refractivity contribution in [3.05, 3.63) is 0 Å². The first kappa shape index (κ1) is 14.0. The topological polar surface area (TPSA) is 70.2 Å². The second kappa shape index (κ2) is 7.27. The number of carbonyl (C=O) groups excluding carboxylic acids is 2. The predicted octanol–water partition coefficient (Wildman–Crippen LogP) is 0.0169. The third-order valence-corrected chi connectivity index (χ3v) is 2.74. The zero-order chi connectivity index (χ0) is 12.7. The van der Waals surface area contributed by atoms with Crippen LogP contribution in [0.2, 0.25) is 0 Å². The van der Waals surface area contributed by atoms with E-state index in [4.69, 9.17) is 0 Å². The van der Waals surface area contributed by atoms with Crippen LogP contribution in [0.3, 0.4) is 0 Å². The van der Waals surface area contributed by atoms with Gasteiger partial charge in [0.2, 0.25) is 11.8 Å². The molecule has 17 heavy (non-hydrogen) atoms. The molecule has 1 fully saturated rings. The monoisotopic (exact) mass is 241 g/mol. The molecule has 1 aliphatic rings. The number of hydrogen-bond acceptors (Lipinski definition) is 3. The molecule has 0 saturated heterocycles. The van der Waals surface area contributed by atoms with Crippen LogP contribution in [0.25, 0.3) is 0 Å². The predicted molar refractivity (Wildman–Crippen MR) is 66.5 cm³/mol. The highest BCUT2D eigenvalue weighted by Gasteiger charge is 2.22. The Bertz CT molecular complexity index is 264. The van der Waals surface area contributed by atoms with E-state index < -0.39 is 0 Å². The first-order valence-electron chi connectivity index (χ1n) is 6.41. The highest BCUT2D eigenvalue weighted by molar-refractivity contribution is 5.80. The lowest BCUT2D eigenvalue weighted by atomic mass is 10.1. The third kappa shape index (κ3) is 6.26. The Hall–Kier alpha value is -1.10. The maximum Gasteiger partial charge on any atom is 0.224 e. The molecular formula is C12H23N3O2. The average molecular weight is 241 g/mol. The van der Waals surface area contributed by atoms with Crippen LogP contribution >= 0.6 is 0 Å². The quantitative estimate of drug-likeness (QED) is 0.561. The molecule has 1 atom stereocenters. The average Bonchev–Trinajstić information content (AvgIpc) is 3.09. The van der Waals surface area contributed by atoms with Crippen molar-refractivity contribution in [1.82, 2.24) is 16.0 Å². The summed E-state index contributed by atoms with van der Waals surface area (Å²) in [7, 11) is 0. The summed E-state index contributed by atoms with van der Waals surface area (Å²) in [6.07, 6.45) is 2.56. The summed E-state index contributed by atoms with van der Waals surface area (Å²) in [5.41, 5.74) is 0. The molecule has 3 N–H and O–H groups in total. The molecule has 2 amide bonds. The number of nitrogens with one attached hydrogen (secondary N) is 3. The summed E-state index contributed by atoms with van der Waals surface area (Å²) in [5, 5.41) is 8.79. The summed E-state index contributed by atoms with van der Waals surface area (Å²) in [4.78, 5) is 22.9. The molecule has 1 aliphatic carbocycles. The van der Waals surface area contributed by atoms with Crippen LogP contribution in [0.5, 0.6) is 0 Å². The Morgan fingerprint density at radius 2 is 2.06 bits per heavy atom. The Kier molecular flexibility index (Phi) is 5.97. The van der Waals surface area contributed by atoms with Gasteiger partial charge in [-0.1, -0.05) is 13.8 Å². The minimum absolute atomic E-state index is 0.00479. The van der Waals surface area contributed by atoms with Crippen molar-refractivity contribution in [3.8, 4) is 0 Å². The number of rotatable bonds is 8. The molecule has 0 aromatic carbocycles. The summed E-state index contributed by atoms with van der Waals surface area (Å²) >= 11 is 0. The third-order valence-electron chi connectivity index (χ3n) is 2.74. The molecule has 0 radical (unpaired) electrons. The van der Waals surface area contributed by atoms with E-state index in [0.29, 0.717) is 25.6 Å². The normalized spacial score (nSPS) is 16.4. The summed E-state index contributed by atoms with van der Waals surface area (Å²) < 4.78 is 0.